The van der Waals surface area contributed by atoms with Crippen LogP contribution >= 0.6 is 11.3 Å². The van der Waals surface area contributed by atoms with Crippen LogP contribution in [0.3, 0.4) is 0 Å². The Bertz CT molecular complexity index is 895. The number of aromatic nitrogens is 1. The number of thiazole rings is 1. The Morgan fingerprint density at radius 1 is 1.29 bits per heavy atom. The third-order valence-corrected chi connectivity index (χ3v) is 7.75. The van der Waals surface area contributed by atoms with Gasteiger partial charge in [0, 0.05) is 18.0 Å². The first-order chi connectivity index (χ1) is 13.5. The Labute approximate surface area is 171 Å². The molecular weight excluding hydrogens is 396 g/mol. The predicted molar refractivity (Wildman–Crippen MR) is 113 cm³/mol. The molecule has 28 heavy (non-hydrogen) atoms. The molecule has 1 fully saturated rings. The van der Waals surface area contributed by atoms with Gasteiger partial charge in [-0.15, -0.1) is 11.3 Å². The van der Waals surface area contributed by atoms with Gasteiger partial charge in [-0.05, 0) is 31.5 Å². The first kappa shape index (κ1) is 21.1. The molecule has 1 atom stereocenters. The molecule has 0 amide bonds. The molecule has 3 rings (SSSR count). The molecule has 0 N–H and O–H groups in total. The van der Waals surface area contributed by atoms with E-state index in [4.69, 9.17) is 14.5 Å². The molecule has 2 aromatic rings. The largest absolute Gasteiger partial charge is 0.493 e. The van der Waals surface area contributed by atoms with Gasteiger partial charge < -0.3 is 9.47 Å². The summed E-state index contributed by atoms with van der Waals surface area (Å²) in [5.41, 5.74) is 1.87. The van der Waals surface area contributed by atoms with Gasteiger partial charge in [0.2, 0.25) is 0 Å². The number of hydrogen-bond acceptors (Lipinski definition) is 7. The molecule has 0 saturated carbocycles. The van der Waals surface area contributed by atoms with Gasteiger partial charge in [0.15, 0.2) is 21.3 Å². The second kappa shape index (κ2) is 9.24. The highest BCUT2D eigenvalue weighted by Crippen LogP contribution is 2.39. The molecule has 1 aliphatic rings. The lowest BCUT2D eigenvalue weighted by Gasteiger charge is -2.27. The minimum atomic E-state index is -2.90. The van der Waals surface area contributed by atoms with Crippen molar-refractivity contribution in [2.45, 2.75) is 38.8 Å². The molecule has 1 aliphatic heterocycles. The highest BCUT2D eigenvalue weighted by atomic mass is 32.2. The van der Waals surface area contributed by atoms with Gasteiger partial charge in [-0.25, -0.2) is 13.4 Å². The maximum Gasteiger partial charge on any atom is 0.170 e. The highest BCUT2D eigenvalue weighted by Gasteiger charge is 2.32. The van der Waals surface area contributed by atoms with E-state index >= 15 is 0 Å². The number of nitrogens with zero attached hydrogens (tertiary/aromatic N) is 2. The summed E-state index contributed by atoms with van der Waals surface area (Å²) < 4.78 is 34.8. The zero-order chi connectivity index (χ0) is 20.1. The Morgan fingerprint density at radius 3 is 2.75 bits per heavy atom. The molecule has 0 aliphatic carbocycles. The predicted octanol–water partition coefficient (Wildman–Crippen LogP) is 3.62. The Hall–Kier alpha value is -1.64. The Morgan fingerprint density at radius 2 is 2.11 bits per heavy atom. The number of benzene rings is 1. The summed E-state index contributed by atoms with van der Waals surface area (Å²) in [5.74, 6) is 1.91. The zero-order valence-corrected chi connectivity index (χ0v) is 18.3. The van der Waals surface area contributed by atoms with Gasteiger partial charge in [-0.3, -0.25) is 4.90 Å². The number of para-hydroxylation sites is 1. The van der Waals surface area contributed by atoms with E-state index in [1.807, 2.05) is 18.2 Å². The summed E-state index contributed by atoms with van der Waals surface area (Å²) in [6.07, 6.45) is 2.85. The van der Waals surface area contributed by atoms with E-state index in [2.05, 4.69) is 17.2 Å². The van der Waals surface area contributed by atoms with Crippen molar-refractivity contribution < 1.29 is 17.9 Å². The van der Waals surface area contributed by atoms with Gasteiger partial charge in [0.25, 0.3) is 0 Å². The van der Waals surface area contributed by atoms with E-state index in [0.717, 1.165) is 35.7 Å². The first-order valence-corrected chi connectivity index (χ1v) is 12.3. The SMILES string of the molecule is CCCCN(Cc1csc(-c2cccc(OC)c2OC)n1)C1CCS(=O)(=O)C1. The van der Waals surface area contributed by atoms with E-state index in [0.29, 0.717) is 30.2 Å². The Kier molecular flexibility index (Phi) is 6.95. The summed E-state index contributed by atoms with van der Waals surface area (Å²) in [6, 6.07) is 5.86. The van der Waals surface area contributed by atoms with Gasteiger partial charge in [-0.2, -0.15) is 0 Å². The van der Waals surface area contributed by atoms with E-state index in [-0.39, 0.29) is 11.8 Å². The minimum Gasteiger partial charge on any atom is -0.493 e. The maximum atomic E-state index is 11.9. The molecule has 154 valence electrons. The number of ether oxygens (including phenoxy) is 2. The number of methoxy groups -OCH3 is 2. The van der Waals surface area contributed by atoms with Crippen LogP contribution in [0.25, 0.3) is 10.6 Å². The Balaban J connectivity index is 1.80. The van der Waals surface area contributed by atoms with Crippen molar-refractivity contribution in [2.24, 2.45) is 0 Å². The summed E-state index contributed by atoms with van der Waals surface area (Å²) in [5, 5.41) is 2.93. The van der Waals surface area contributed by atoms with E-state index in [1.165, 1.54) is 0 Å². The third kappa shape index (κ3) is 4.85. The molecule has 0 bridgehead atoms. The molecule has 1 aromatic carbocycles. The first-order valence-electron chi connectivity index (χ1n) is 9.57. The van der Waals surface area contributed by atoms with Crippen LogP contribution in [0.4, 0.5) is 0 Å². The molecule has 0 radical (unpaired) electrons. The fraction of sp³-hybridized carbons (Fsp3) is 0.550. The van der Waals surface area contributed by atoms with E-state index in [9.17, 15) is 8.42 Å². The summed E-state index contributed by atoms with van der Waals surface area (Å²) in [4.78, 5) is 7.10. The number of hydrogen-bond donors (Lipinski definition) is 0. The average molecular weight is 425 g/mol. The molecular formula is C20H28N2O4S2. The topological polar surface area (TPSA) is 68.7 Å². The fourth-order valence-corrected chi connectivity index (χ4v) is 6.18. The van der Waals surface area contributed by atoms with Gasteiger partial charge in [0.05, 0.1) is 37.0 Å². The van der Waals surface area contributed by atoms with Crippen molar-refractivity contribution in [2.75, 3.05) is 32.3 Å². The van der Waals surface area contributed by atoms with Crippen LogP contribution in [0.15, 0.2) is 23.6 Å². The standard InChI is InChI=1S/C20H28N2O4S2/c1-4-5-10-22(16-9-11-28(23,24)14-16)12-15-13-27-20(21-15)17-7-6-8-18(25-2)19(17)26-3/h6-8,13,16H,4-5,9-12,14H2,1-3H3. The van der Waals surface area contributed by atoms with Gasteiger partial charge in [0.1, 0.15) is 5.01 Å². The van der Waals surface area contributed by atoms with Crippen LogP contribution < -0.4 is 9.47 Å². The monoisotopic (exact) mass is 424 g/mol. The average Bonchev–Trinajstić information content (AvgIpc) is 3.30. The molecule has 1 unspecified atom stereocenters. The van der Waals surface area contributed by atoms with Crippen molar-refractivity contribution in [3.63, 3.8) is 0 Å². The van der Waals surface area contributed by atoms with Crippen LogP contribution in [-0.4, -0.2) is 56.6 Å². The van der Waals surface area contributed by atoms with Crippen LogP contribution in [0.1, 0.15) is 31.9 Å². The summed E-state index contributed by atoms with van der Waals surface area (Å²) in [6.45, 7) is 3.72. The van der Waals surface area contributed by atoms with Gasteiger partial charge >= 0.3 is 0 Å². The van der Waals surface area contributed by atoms with E-state index in [1.54, 1.807) is 25.6 Å². The van der Waals surface area contributed by atoms with Gasteiger partial charge in [-0.1, -0.05) is 19.4 Å². The quantitative estimate of drug-likeness (QED) is 0.612. The highest BCUT2D eigenvalue weighted by molar-refractivity contribution is 7.91. The van der Waals surface area contributed by atoms with E-state index < -0.39 is 9.84 Å². The molecule has 1 aromatic heterocycles. The molecule has 6 nitrogen and oxygen atoms in total. The lowest BCUT2D eigenvalue weighted by Crippen LogP contribution is -2.36. The van der Waals surface area contributed by atoms with Crippen molar-refractivity contribution >= 4 is 21.2 Å². The smallest absolute Gasteiger partial charge is 0.170 e. The lowest BCUT2D eigenvalue weighted by atomic mass is 10.2. The summed E-state index contributed by atoms with van der Waals surface area (Å²) in [7, 11) is 0.347. The van der Waals surface area contributed by atoms with Crippen molar-refractivity contribution in [1.29, 1.82) is 0 Å². The summed E-state index contributed by atoms with van der Waals surface area (Å²) >= 11 is 1.57. The lowest BCUT2D eigenvalue weighted by molar-refractivity contribution is 0.198. The number of unbranched alkanes of at least 4 members (excludes halogenated alkanes) is 1. The van der Waals surface area contributed by atoms with Crippen molar-refractivity contribution in [1.82, 2.24) is 9.88 Å². The second-order valence-electron chi connectivity index (χ2n) is 7.07. The maximum absolute atomic E-state index is 11.9. The molecule has 1 saturated heterocycles. The molecule has 0 spiro atoms. The number of rotatable bonds is 9. The fourth-order valence-electron chi connectivity index (χ4n) is 3.58. The van der Waals surface area contributed by atoms with Crippen LogP contribution in [0.5, 0.6) is 11.5 Å². The molecule has 8 heteroatoms. The van der Waals surface area contributed by atoms with Crippen LogP contribution in [0.2, 0.25) is 0 Å². The van der Waals surface area contributed by atoms with Crippen LogP contribution in [-0.2, 0) is 16.4 Å². The zero-order valence-electron chi connectivity index (χ0n) is 16.7. The second-order valence-corrected chi connectivity index (χ2v) is 10.2. The van der Waals surface area contributed by atoms with Crippen molar-refractivity contribution in [3.05, 3.63) is 29.3 Å². The minimum absolute atomic E-state index is 0.0908. The normalized spacial score (nSPS) is 18.5. The van der Waals surface area contributed by atoms with Crippen molar-refractivity contribution in [3.8, 4) is 22.1 Å². The third-order valence-electron chi connectivity index (χ3n) is 5.07. The van der Waals surface area contributed by atoms with Crippen LogP contribution in [0, 0.1) is 0 Å². The molecule has 2 heterocycles. The number of sulfone groups is 1.